The van der Waals surface area contributed by atoms with E-state index in [0.717, 1.165) is 23.4 Å². The summed E-state index contributed by atoms with van der Waals surface area (Å²) in [4.78, 5) is 11.3. The molecule has 0 spiro atoms. The molecule has 2 aromatic heterocycles. The lowest BCUT2D eigenvalue weighted by Gasteiger charge is -2.28. The van der Waals surface area contributed by atoms with E-state index in [-0.39, 0.29) is 4.90 Å². The second-order valence-corrected chi connectivity index (χ2v) is 10.1. The number of halogens is 3. The van der Waals surface area contributed by atoms with Crippen LogP contribution in [0.3, 0.4) is 0 Å². The summed E-state index contributed by atoms with van der Waals surface area (Å²) in [5.41, 5.74) is 2.22. The van der Waals surface area contributed by atoms with Crippen LogP contribution in [0.4, 0.5) is 13.2 Å². The number of fused-ring (bicyclic) bond motifs is 1. The van der Waals surface area contributed by atoms with Gasteiger partial charge in [0.05, 0.1) is 16.2 Å². The van der Waals surface area contributed by atoms with Gasteiger partial charge in [0.2, 0.25) is 0 Å². The van der Waals surface area contributed by atoms with Crippen LogP contribution in [-0.4, -0.2) is 33.8 Å². The van der Waals surface area contributed by atoms with Gasteiger partial charge in [-0.3, -0.25) is 4.90 Å². The molecule has 1 aliphatic rings. The van der Waals surface area contributed by atoms with Crippen LogP contribution in [0.25, 0.3) is 11.4 Å². The highest BCUT2D eigenvalue weighted by molar-refractivity contribution is 7.90. The third-order valence-corrected chi connectivity index (χ3v) is 7.70. The molecule has 6 nitrogen and oxygen atoms in total. The standard InChI is InChI=1S/C25H21F3N4O2S/c26-25(27,28)20-10-8-18(9-11-20)24-29-15-19-16-31(14-12-23(19)30-24)17-21-5-4-13-32(21)35(33,34)22-6-2-1-3-7-22/h1-11,13,15H,12,14,16-17H2. The summed E-state index contributed by atoms with van der Waals surface area (Å²) in [6.45, 7) is 1.63. The minimum atomic E-state index is -4.39. The van der Waals surface area contributed by atoms with Gasteiger partial charge in [-0.1, -0.05) is 30.3 Å². The molecular formula is C25H21F3N4O2S. The molecule has 0 bridgehead atoms. The van der Waals surface area contributed by atoms with Crippen LogP contribution >= 0.6 is 0 Å². The summed E-state index contributed by atoms with van der Waals surface area (Å²) in [7, 11) is -3.69. The maximum absolute atomic E-state index is 13.1. The molecule has 0 unspecified atom stereocenters. The Morgan fingerprint density at radius 2 is 1.69 bits per heavy atom. The average molecular weight is 499 g/mol. The lowest BCUT2D eigenvalue weighted by atomic mass is 10.1. The van der Waals surface area contributed by atoms with Gasteiger partial charge in [0.1, 0.15) is 0 Å². The summed E-state index contributed by atoms with van der Waals surface area (Å²) < 4.78 is 65.9. The molecule has 35 heavy (non-hydrogen) atoms. The molecule has 2 aromatic carbocycles. The fourth-order valence-electron chi connectivity index (χ4n) is 4.15. The predicted molar refractivity (Wildman–Crippen MR) is 124 cm³/mol. The zero-order valence-corrected chi connectivity index (χ0v) is 19.3. The third-order valence-electron chi connectivity index (χ3n) is 5.96. The first-order valence-corrected chi connectivity index (χ1v) is 12.4. The second kappa shape index (κ2) is 8.94. The summed E-state index contributed by atoms with van der Waals surface area (Å²) in [6, 6.07) is 16.6. The van der Waals surface area contributed by atoms with Crippen molar-refractivity contribution in [3.63, 3.8) is 0 Å². The fraction of sp³-hybridized carbons (Fsp3) is 0.200. The van der Waals surface area contributed by atoms with E-state index in [1.165, 1.54) is 16.1 Å². The highest BCUT2D eigenvalue weighted by Crippen LogP contribution is 2.31. The van der Waals surface area contributed by atoms with E-state index >= 15 is 0 Å². The minimum absolute atomic E-state index is 0.227. The van der Waals surface area contributed by atoms with Crippen molar-refractivity contribution < 1.29 is 21.6 Å². The molecular weight excluding hydrogens is 477 g/mol. The number of aromatic nitrogens is 3. The van der Waals surface area contributed by atoms with Crippen molar-refractivity contribution in [2.45, 2.75) is 30.6 Å². The van der Waals surface area contributed by atoms with Crippen molar-refractivity contribution in [2.75, 3.05) is 6.54 Å². The highest BCUT2D eigenvalue weighted by atomic mass is 32.2. The largest absolute Gasteiger partial charge is 0.416 e. The van der Waals surface area contributed by atoms with Crippen molar-refractivity contribution >= 4 is 10.0 Å². The quantitative estimate of drug-likeness (QED) is 0.397. The monoisotopic (exact) mass is 498 g/mol. The minimum Gasteiger partial charge on any atom is -0.293 e. The molecule has 180 valence electrons. The third kappa shape index (κ3) is 4.71. The Kier molecular flexibility index (Phi) is 5.94. The van der Waals surface area contributed by atoms with Crippen LogP contribution < -0.4 is 0 Å². The Hall–Kier alpha value is -3.50. The Labute approximate surface area is 200 Å². The summed E-state index contributed by atoms with van der Waals surface area (Å²) >= 11 is 0. The van der Waals surface area contributed by atoms with Gasteiger partial charge in [0.15, 0.2) is 5.82 Å². The summed E-state index contributed by atoms with van der Waals surface area (Å²) in [5, 5.41) is 0. The highest BCUT2D eigenvalue weighted by Gasteiger charge is 2.30. The van der Waals surface area contributed by atoms with Crippen molar-refractivity contribution in [3.8, 4) is 11.4 Å². The molecule has 0 atom stereocenters. The topological polar surface area (TPSA) is 68.1 Å². The SMILES string of the molecule is O=S(=O)(c1ccccc1)n1cccc1CN1CCc2nc(-c3ccc(C(F)(F)F)cc3)ncc2C1. The van der Waals surface area contributed by atoms with E-state index in [1.54, 1.807) is 54.9 Å². The lowest BCUT2D eigenvalue weighted by Crippen LogP contribution is -2.32. The van der Waals surface area contributed by atoms with Crippen molar-refractivity contribution in [1.29, 1.82) is 0 Å². The first kappa shape index (κ1) is 23.3. The van der Waals surface area contributed by atoms with Crippen LogP contribution in [0.1, 0.15) is 22.5 Å². The zero-order valence-electron chi connectivity index (χ0n) is 18.5. The molecule has 0 fully saturated rings. The van der Waals surface area contributed by atoms with Crippen molar-refractivity contribution in [2.24, 2.45) is 0 Å². The Morgan fingerprint density at radius 1 is 0.943 bits per heavy atom. The molecule has 0 N–H and O–H groups in total. The molecule has 4 aromatic rings. The molecule has 0 amide bonds. The van der Waals surface area contributed by atoms with E-state index in [2.05, 4.69) is 14.9 Å². The molecule has 0 aliphatic carbocycles. The van der Waals surface area contributed by atoms with Gasteiger partial charge in [-0.05, 0) is 36.4 Å². The lowest BCUT2D eigenvalue weighted by molar-refractivity contribution is -0.137. The first-order chi connectivity index (χ1) is 16.7. The number of rotatable bonds is 5. The Bertz CT molecular complexity index is 1450. The molecule has 1 aliphatic heterocycles. The maximum atomic E-state index is 13.1. The van der Waals surface area contributed by atoms with Crippen LogP contribution in [0.5, 0.6) is 0 Å². The smallest absolute Gasteiger partial charge is 0.293 e. The van der Waals surface area contributed by atoms with Crippen molar-refractivity contribution in [3.05, 3.63) is 102 Å². The normalized spacial score (nSPS) is 14.6. The molecule has 0 saturated carbocycles. The van der Waals surface area contributed by atoms with Crippen LogP contribution in [0.2, 0.25) is 0 Å². The molecule has 10 heteroatoms. The zero-order chi connectivity index (χ0) is 24.6. The Morgan fingerprint density at radius 3 is 2.40 bits per heavy atom. The second-order valence-electron chi connectivity index (χ2n) is 8.31. The van der Waals surface area contributed by atoms with Crippen LogP contribution in [0, 0.1) is 0 Å². The first-order valence-electron chi connectivity index (χ1n) is 10.9. The Balaban J connectivity index is 1.32. The van der Waals surface area contributed by atoms with Gasteiger partial charge in [0.25, 0.3) is 10.0 Å². The molecule has 3 heterocycles. The van der Waals surface area contributed by atoms with E-state index in [1.807, 2.05) is 0 Å². The van der Waals surface area contributed by atoms with E-state index in [4.69, 9.17) is 0 Å². The molecule has 0 radical (unpaired) electrons. The molecule has 5 rings (SSSR count). The van der Waals surface area contributed by atoms with Gasteiger partial charge in [0, 0.05) is 55.3 Å². The number of hydrogen-bond donors (Lipinski definition) is 0. The summed E-state index contributed by atoms with van der Waals surface area (Å²) in [5.74, 6) is 0.383. The van der Waals surface area contributed by atoms with Crippen LogP contribution in [0.15, 0.2) is 84.0 Å². The van der Waals surface area contributed by atoms with E-state index < -0.39 is 21.8 Å². The summed E-state index contributed by atoms with van der Waals surface area (Å²) in [6.07, 6.45) is -0.521. The van der Waals surface area contributed by atoms with Gasteiger partial charge >= 0.3 is 6.18 Å². The average Bonchev–Trinajstić information content (AvgIpc) is 3.33. The van der Waals surface area contributed by atoms with E-state index in [9.17, 15) is 21.6 Å². The molecule has 0 saturated heterocycles. The van der Waals surface area contributed by atoms with Crippen LogP contribution in [-0.2, 0) is 35.7 Å². The predicted octanol–water partition coefficient (Wildman–Crippen LogP) is 4.76. The van der Waals surface area contributed by atoms with Crippen molar-refractivity contribution in [1.82, 2.24) is 18.8 Å². The fourth-order valence-corrected chi connectivity index (χ4v) is 5.54. The van der Waals surface area contributed by atoms with E-state index in [0.29, 0.717) is 43.1 Å². The van der Waals surface area contributed by atoms with Gasteiger partial charge in [-0.25, -0.2) is 22.4 Å². The number of nitrogens with zero attached hydrogens (tertiary/aromatic N) is 4. The number of hydrogen-bond acceptors (Lipinski definition) is 5. The van der Waals surface area contributed by atoms with Gasteiger partial charge in [-0.2, -0.15) is 13.2 Å². The number of benzene rings is 2. The maximum Gasteiger partial charge on any atom is 0.416 e. The number of alkyl halides is 3. The van der Waals surface area contributed by atoms with Gasteiger partial charge in [-0.15, -0.1) is 0 Å². The van der Waals surface area contributed by atoms with Gasteiger partial charge < -0.3 is 0 Å².